The fourth-order valence-electron chi connectivity index (χ4n) is 1.91. The third-order valence-corrected chi connectivity index (χ3v) is 3.02. The second-order valence-electron chi connectivity index (χ2n) is 4.35. The van der Waals surface area contributed by atoms with Gasteiger partial charge in [-0.15, -0.1) is 0 Å². The number of hydrogen-bond donors (Lipinski definition) is 1. The molecule has 2 rings (SSSR count). The third-order valence-electron chi connectivity index (χ3n) is 3.02. The van der Waals surface area contributed by atoms with E-state index in [1.54, 1.807) is 0 Å². The van der Waals surface area contributed by atoms with Crippen LogP contribution in [0.1, 0.15) is 11.6 Å². The quantitative estimate of drug-likeness (QED) is 0.852. The molecule has 0 aliphatic rings. The number of nitrogens with one attached hydrogen (secondary N) is 1. The van der Waals surface area contributed by atoms with E-state index in [0.717, 1.165) is 18.2 Å². The number of rotatable bonds is 5. The highest BCUT2D eigenvalue weighted by Gasteiger charge is 2.19. The van der Waals surface area contributed by atoms with Crippen LogP contribution in [-0.2, 0) is 0 Å². The van der Waals surface area contributed by atoms with Gasteiger partial charge in [-0.1, -0.05) is 18.2 Å². The van der Waals surface area contributed by atoms with E-state index in [1.807, 2.05) is 0 Å². The average molecular weight is 299 g/mol. The van der Waals surface area contributed by atoms with E-state index in [1.165, 1.54) is 25.2 Å². The molecule has 0 aromatic heterocycles. The van der Waals surface area contributed by atoms with Crippen molar-refractivity contribution in [3.05, 3.63) is 65.2 Å². The van der Waals surface area contributed by atoms with Gasteiger partial charge in [0.1, 0.15) is 6.61 Å². The Hall–Kier alpha value is -2.08. The Kier molecular flexibility index (Phi) is 4.80. The SMILES string of the molecule is CNC(COc1c(F)cccc1F)c1cccc(F)c1F. The molecule has 21 heavy (non-hydrogen) atoms. The van der Waals surface area contributed by atoms with Gasteiger partial charge in [0.05, 0.1) is 6.04 Å². The largest absolute Gasteiger partial charge is 0.486 e. The summed E-state index contributed by atoms with van der Waals surface area (Å²) >= 11 is 0. The van der Waals surface area contributed by atoms with Crippen LogP contribution in [0.3, 0.4) is 0 Å². The minimum Gasteiger partial charge on any atom is -0.486 e. The summed E-state index contributed by atoms with van der Waals surface area (Å²) in [6, 6.07) is 6.27. The summed E-state index contributed by atoms with van der Waals surface area (Å²) in [5, 5.41) is 2.72. The normalized spacial score (nSPS) is 12.2. The monoisotopic (exact) mass is 299 g/mol. The molecule has 0 radical (unpaired) electrons. The second-order valence-corrected chi connectivity index (χ2v) is 4.35. The molecule has 112 valence electrons. The zero-order valence-electron chi connectivity index (χ0n) is 11.2. The third kappa shape index (κ3) is 3.33. The van der Waals surface area contributed by atoms with Crippen LogP contribution < -0.4 is 10.1 Å². The van der Waals surface area contributed by atoms with Crippen molar-refractivity contribution < 1.29 is 22.3 Å². The summed E-state index contributed by atoms with van der Waals surface area (Å²) in [4.78, 5) is 0. The zero-order valence-corrected chi connectivity index (χ0v) is 11.2. The van der Waals surface area contributed by atoms with Crippen molar-refractivity contribution in [2.75, 3.05) is 13.7 Å². The second kappa shape index (κ2) is 6.58. The van der Waals surface area contributed by atoms with Crippen molar-refractivity contribution in [2.45, 2.75) is 6.04 Å². The predicted octanol–water partition coefficient (Wildman–Crippen LogP) is 3.58. The number of halogens is 4. The molecule has 0 aliphatic heterocycles. The van der Waals surface area contributed by atoms with E-state index >= 15 is 0 Å². The first-order valence-electron chi connectivity index (χ1n) is 6.22. The molecule has 2 aromatic carbocycles. The van der Waals surface area contributed by atoms with E-state index < -0.39 is 35.1 Å². The highest BCUT2D eigenvalue weighted by atomic mass is 19.2. The van der Waals surface area contributed by atoms with Gasteiger partial charge in [0, 0.05) is 5.56 Å². The van der Waals surface area contributed by atoms with Gasteiger partial charge >= 0.3 is 0 Å². The van der Waals surface area contributed by atoms with Crippen LogP contribution in [0.4, 0.5) is 17.6 Å². The minimum atomic E-state index is -1.02. The first-order chi connectivity index (χ1) is 10.0. The standard InChI is InChI=1S/C15H13F4NO/c1-20-13(9-4-2-5-10(16)14(9)19)8-21-15-11(17)6-3-7-12(15)18/h2-7,13,20H,8H2,1H3. The van der Waals surface area contributed by atoms with Gasteiger partial charge in [-0.05, 0) is 25.2 Å². The van der Waals surface area contributed by atoms with Crippen molar-refractivity contribution >= 4 is 0 Å². The maximum atomic E-state index is 13.7. The van der Waals surface area contributed by atoms with Crippen LogP contribution in [-0.4, -0.2) is 13.7 Å². The van der Waals surface area contributed by atoms with Crippen LogP contribution >= 0.6 is 0 Å². The summed E-state index contributed by atoms with van der Waals surface area (Å²) < 4.78 is 58.8. The van der Waals surface area contributed by atoms with Gasteiger partial charge in [-0.25, -0.2) is 17.6 Å². The molecule has 2 aromatic rings. The van der Waals surface area contributed by atoms with Crippen LogP contribution in [0.25, 0.3) is 0 Å². The van der Waals surface area contributed by atoms with Gasteiger partial charge < -0.3 is 10.1 Å². The number of ether oxygens (including phenoxy) is 1. The molecule has 0 fully saturated rings. The average Bonchev–Trinajstić information content (AvgIpc) is 2.46. The molecule has 6 heteroatoms. The van der Waals surface area contributed by atoms with Gasteiger partial charge in [0.2, 0.25) is 0 Å². The molecular formula is C15H13F4NO. The summed E-state index contributed by atoms with van der Waals surface area (Å²) in [5.41, 5.74) is 0.0225. The lowest BCUT2D eigenvalue weighted by Crippen LogP contribution is -2.25. The number of likely N-dealkylation sites (N-methyl/N-ethyl adjacent to an activating group) is 1. The number of benzene rings is 2. The summed E-state index contributed by atoms with van der Waals surface area (Å²) in [6.07, 6.45) is 0. The van der Waals surface area contributed by atoms with Crippen molar-refractivity contribution in [1.29, 1.82) is 0 Å². The van der Waals surface area contributed by atoms with E-state index in [2.05, 4.69) is 5.32 Å². The molecule has 0 amide bonds. The van der Waals surface area contributed by atoms with Crippen LogP contribution in [0.5, 0.6) is 5.75 Å². The van der Waals surface area contributed by atoms with Crippen LogP contribution in [0, 0.1) is 23.3 Å². The number of hydrogen-bond acceptors (Lipinski definition) is 2. The Morgan fingerprint density at radius 1 is 0.952 bits per heavy atom. The highest BCUT2D eigenvalue weighted by molar-refractivity contribution is 5.27. The van der Waals surface area contributed by atoms with E-state index in [9.17, 15) is 17.6 Å². The Morgan fingerprint density at radius 2 is 1.52 bits per heavy atom. The molecule has 0 bridgehead atoms. The topological polar surface area (TPSA) is 21.3 Å². The Morgan fingerprint density at radius 3 is 2.14 bits per heavy atom. The molecule has 1 N–H and O–H groups in total. The maximum Gasteiger partial charge on any atom is 0.190 e. The van der Waals surface area contributed by atoms with Gasteiger partial charge in [-0.3, -0.25) is 0 Å². The first-order valence-corrected chi connectivity index (χ1v) is 6.22. The molecule has 1 unspecified atom stereocenters. The molecule has 2 nitrogen and oxygen atoms in total. The lowest BCUT2D eigenvalue weighted by molar-refractivity contribution is 0.246. The Balaban J connectivity index is 2.19. The lowest BCUT2D eigenvalue weighted by atomic mass is 10.1. The van der Waals surface area contributed by atoms with Crippen LogP contribution in [0.15, 0.2) is 36.4 Å². The summed E-state index contributed by atoms with van der Waals surface area (Å²) in [7, 11) is 1.51. The molecule has 0 spiro atoms. The molecule has 1 atom stereocenters. The fraction of sp³-hybridized carbons (Fsp3) is 0.200. The van der Waals surface area contributed by atoms with Crippen molar-refractivity contribution in [3.63, 3.8) is 0 Å². The Bertz CT molecular complexity index is 613. The van der Waals surface area contributed by atoms with Crippen molar-refractivity contribution in [3.8, 4) is 5.75 Å². The van der Waals surface area contributed by atoms with E-state index in [0.29, 0.717) is 0 Å². The molecule has 0 aliphatic carbocycles. The van der Waals surface area contributed by atoms with Crippen LogP contribution in [0.2, 0.25) is 0 Å². The molecule has 0 heterocycles. The molecule has 0 saturated carbocycles. The zero-order chi connectivity index (χ0) is 15.4. The fourth-order valence-corrected chi connectivity index (χ4v) is 1.91. The van der Waals surface area contributed by atoms with Crippen molar-refractivity contribution in [2.24, 2.45) is 0 Å². The minimum absolute atomic E-state index is 0.0225. The highest BCUT2D eigenvalue weighted by Crippen LogP contribution is 2.24. The van der Waals surface area contributed by atoms with Crippen molar-refractivity contribution in [1.82, 2.24) is 5.32 Å². The number of para-hydroxylation sites is 1. The Labute approximate surface area is 119 Å². The van der Waals surface area contributed by atoms with Gasteiger partial charge in [0.15, 0.2) is 29.0 Å². The molecule has 0 saturated heterocycles. The van der Waals surface area contributed by atoms with E-state index in [4.69, 9.17) is 4.74 Å². The lowest BCUT2D eigenvalue weighted by Gasteiger charge is -2.18. The summed E-state index contributed by atoms with van der Waals surface area (Å²) in [5.74, 6) is -4.28. The first kappa shape index (κ1) is 15.3. The predicted molar refractivity (Wildman–Crippen MR) is 70.0 cm³/mol. The molecular weight excluding hydrogens is 286 g/mol. The smallest absolute Gasteiger partial charge is 0.190 e. The van der Waals surface area contributed by atoms with Gasteiger partial charge in [0.25, 0.3) is 0 Å². The van der Waals surface area contributed by atoms with E-state index in [-0.39, 0.29) is 12.2 Å². The summed E-state index contributed by atoms with van der Waals surface area (Å²) in [6.45, 7) is -0.255. The van der Waals surface area contributed by atoms with Gasteiger partial charge in [-0.2, -0.15) is 0 Å². The maximum absolute atomic E-state index is 13.7.